The molecule has 0 aromatic carbocycles. The zero-order valence-corrected chi connectivity index (χ0v) is 19.9. The second-order valence-corrected chi connectivity index (χ2v) is 8.39. The first-order valence-corrected chi connectivity index (χ1v) is 11.6. The van der Waals surface area contributed by atoms with E-state index in [1.807, 2.05) is 0 Å². The fourth-order valence-corrected chi connectivity index (χ4v) is 3.74. The zero-order chi connectivity index (χ0) is 26.0. The van der Waals surface area contributed by atoms with Crippen molar-refractivity contribution in [3.63, 3.8) is 0 Å². The quantitative estimate of drug-likeness (QED) is 0.347. The number of carbonyl (C=O) groups excluding carboxylic acids is 1. The number of nitrogens with one attached hydrogen (secondary N) is 1. The molecule has 9 nitrogen and oxygen atoms in total. The highest BCUT2D eigenvalue weighted by Gasteiger charge is 2.40. The van der Waals surface area contributed by atoms with E-state index in [-0.39, 0.29) is 19.6 Å². The number of rotatable bonds is 12. The van der Waals surface area contributed by atoms with E-state index >= 15 is 0 Å². The van der Waals surface area contributed by atoms with Crippen molar-refractivity contribution in [1.29, 1.82) is 0 Å². The van der Waals surface area contributed by atoms with Crippen LogP contribution in [0.4, 0.5) is 18.0 Å². The third-order valence-corrected chi connectivity index (χ3v) is 5.67. The molecule has 0 aliphatic carbocycles. The molecule has 1 aromatic rings. The number of unbranched alkanes of at least 4 members (excludes halogenated alkanes) is 5. The van der Waals surface area contributed by atoms with Gasteiger partial charge >= 0.3 is 18.0 Å². The van der Waals surface area contributed by atoms with Gasteiger partial charge in [-0.2, -0.15) is 13.2 Å². The SMILES string of the molecule is C#CCO[C@H]1C[C@H](n2cc(C(F)(F)F)c(=O)[nH]c2=O)O[C@@H]1COC(=O)N(C)CCCCCCCC. The standard InChI is InChI=1S/C23H32F3N3O6/c1-4-6-7-8-9-10-11-28(3)22(32)34-15-18-17(33-12-5-2)13-19(35-18)29-14-16(23(24,25)26)20(30)27-21(29)31/h2,14,17-19H,4,6-13,15H2,1,3H3,(H,27,30,31)/t17-,18+,19+/m0/s1. The van der Waals surface area contributed by atoms with Gasteiger partial charge in [0.25, 0.3) is 5.56 Å². The van der Waals surface area contributed by atoms with Crippen molar-refractivity contribution in [1.82, 2.24) is 14.5 Å². The highest BCUT2D eigenvalue weighted by molar-refractivity contribution is 5.67. The Kier molecular flexibility index (Phi) is 10.9. The van der Waals surface area contributed by atoms with Gasteiger partial charge in [-0.05, 0) is 6.42 Å². The summed E-state index contributed by atoms with van der Waals surface area (Å²) in [7, 11) is 1.61. The van der Waals surface area contributed by atoms with E-state index in [1.165, 1.54) is 11.3 Å². The van der Waals surface area contributed by atoms with Gasteiger partial charge in [-0.25, -0.2) is 9.59 Å². The molecule has 0 radical (unpaired) electrons. The smallest absolute Gasteiger partial charge is 0.423 e. The molecule has 1 aliphatic rings. The number of hydrogen-bond donors (Lipinski definition) is 1. The average Bonchev–Trinajstić information content (AvgIpc) is 3.19. The maximum Gasteiger partial charge on any atom is 0.423 e. The summed E-state index contributed by atoms with van der Waals surface area (Å²) in [5, 5.41) is 0. The van der Waals surface area contributed by atoms with Crippen molar-refractivity contribution in [3.8, 4) is 12.3 Å². The van der Waals surface area contributed by atoms with Crippen molar-refractivity contribution in [2.45, 2.75) is 76.5 Å². The summed E-state index contributed by atoms with van der Waals surface area (Å²) in [6, 6.07) is 0. The zero-order valence-electron chi connectivity index (χ0n) is 19.9. The summed E-state index contributed by atoms with van der Waals surface area (Å²) >= 11 is 0. The first kappa shape index (κ1) is 28.5. The minimum Gasteiger partial charge on any atom is -0.447 e. The molecule has 35 heavy (non-hydrogen) atoms. The minimum atomic E-state index is -4.96. The van der Waals surface area contributed by atoms with Crippen LogP contribution >= 0.6 is 0 Å². The largest absolute Gasteiger partial charge is 0.447 e. The Labute approximate surface area is 201 Å². The summed E-state index contributed by atoms with van der Waals surface area (Å²) in [5.41, 5.74) is -4.15. The highest BCUT2D eigenvalue weighted by Crippen LogP contribution is 2.32. The number of ether oxygens (including phenoxy) is 3. The van der Waals surface area contributed by atoms with Crippen LogP contribution in [0.3, 0.4) is 0 Å². The molecule has 1 N–H and O–H groups in total. The lowest BCUT2D eigenvalue weighted by atomic mass is 10.1. The molecule has 1 fully saturated rings. The summed E-state index contributed by atoms with van der Waals surface area (Å²) in [6.07, 6.45) is 3.67. The fraction of sp³-hybridized carbons (Fsp3) is 0.696. The Bertz CT molecular complexity index is 984. The van der Waals surface area contributed by atoms with Gasteiger partial charge in [0.1, 0.15) is 31.1 Å². The predicted octanol–water partition coefficient (Wildman–Crippen LogP) is 3.29. The molecule has 1 aromatic heterocycles. The second kappa shape index (κ2) is 13.3. The fourth-order valence-electron chi connectivity index (χ4n) is 3.74. The Morgan fingerprint density at radius 1 is 1.29 bits per heavy atom. The van der Waals surface area contributed by atoms with Crippen molar-refractivity contribution < 1.29 is 32.2 Å². The second-order valence-electron chi connectivity index (χ2n) is 8.39. The molecule has 3 atom stereocenters. The van der Waals surface area contributed by atoms with Gasteiger partial charge in [-0.15, -0.1) is 6.42 Å². The van der Waals surface area contributed by atoms with Gasteiger partial charge in [0, 0.05) is 26.2 Å². The van der Waals surface area contributed by atoms with Crippen molar-refractivity contribution in [2.24, 2.45) is 0 Å². The molecule has 12 heteroatoms. The van der Waals surface area contributed by atoms with Crippen molar-refractivity contribution >= 4 is 6.09 Å². The summed E-state index contributed by atoms with van der Waals surface area (Å²) in [5.74, 6) is 2.28. The molecule has 1 amide bonds. The lowest BCUT2D eigenvalue weighted by molar-refractivity contribution is -0.139. The van der Waals surface area contributed by atoms with Crippen LogP contribution in [0.15, 0.2) is 15.8 Å². The van der Waals surface area contributed by atoms with E-state index in [1.54, 1.807) is 12.0 Å². The number of aromatic nitrogens is 2. The number of alkyl halides is 3. The van der Waals surface area contributed by atoms with Crippen LogP contribution in [0, 0.1) is 12.3 Å². The van der Waals surface area contributed by atoms with Gasteiger partial charge in [-0.1, -0.05) is 44.9 Å². The number of carbonyl (C=O) groups is 1. The number of hydrogen-bond acceptors (Lipinski definition) is 6. The third kappa shape index (κ3) is 8.43. The van der Waals surface area contributed by atoms with Crippen molar-refractivity contribution in [3.05, 3.63) is 32.6 Å². The number of H-pyrrole nitrogens is 1. The predicted molar refractivity (Wildman–Crippen MR) is 121 cm³/mol. The normalized spacial score (nSPS) is 19.9. The molecular weight excluding hydrogens is 471 g/mol. The average molecular weight is 504 g/mol. The lowest BCUT2D eigenvalue weighted by Gasteiger charge is -2.21. The van der Waals surface area contributed by atoms with E-state index in [0.29, 0.717) is 17.3 Å². The van der Waals surface area contributed by atoms with Gasteiger partial charge in [-0.3, -0.25) is 14.3 Å². The van der Waals surface area contributed by atoms with Crippen LogP contribution in [0.1, 0.15) is 63.7 Å². The van der Waals surface area contributed by atoms with Crippen LogP contribution in [0.5, 0.6) is 0 Å². The molecular formula is C23H32F3N3O6. The number of aromatic amines is 1. The Morgan fingerprint density at radius 2 is 1.97 bits per heavy atom. The molecule has 2 rings (SSSR count). The van der Waals surface area contributed by atoms with Gasteiger partial charge in [0.15, 0.2) is 0 Å². The highest BCUT2D eigenvalue weighted by atomic mass is 19.4. The number of terminal acetylenes is 1. The molecule has 1 saturated heterocycles. The van der Waals surface area contributed by atoms with E-state index in [2.05, 4.69) is 12.8 Å². The Hall–Kier alpha value is -2.78. The van der Waals surface area contributed by atoms with E-state index in [9.17, 15) is 27.6 Å². The number of amides is 1. The van der Waals surface area contributed by atoms with Crippen LogP contribution in [-0.4, -0.2) is 59.6 Å². The van der Waals surface area contributed by atoms with Crippen LogP contribution < -0.4 is 11.2 Å². The van der Waals surface area contributed by atoms with Crippen LogP contribution in [0.25, 0.3) is 0 Å². The monoisotopic (exact) mass is 503 g/mol. The molecule has 0 unspecified atom stereocenters. The van der Waals surface area contributed by atoms with E-state index < -0.39 is 47.5 Å². The van der Waals surface area contributed by atoms with Crippen LogP contribution in [0.2, 0.25) is 0 Å². The number of nitrogens with zero attached hydrogens (tertiary/aromatic N) is 2. The first-order valence-electron chi connectivity index (χ1n) is 11.6. The van der Waals surface area contributed by atoms with Gasteiger partial charge in [0.05, 0.1) is 6.10 Å². The van der Waals surface area contributed by atoms with E-state index in [4.69, 9.17) is 20.6 Å². The maximum absolute atomic E-state index is 13.1. The van der Waals surface area contributed by atoms with Gasteiger partial charge in [0.2, 0.25) is 0 Å². The Morgan fingerprint density at radius 3 is 2.63 bits per heavy atom. The van der Waals surface area contributed by atoms with Crippen molar-refractivity contribution in [2.75, 3.05) is 26.8 Å². The summed E-state index contributed by atoms with van der Waals surface area (Å²) in [6.45, 7) is 2.29. The molecule has 2 heterocycles. The van der Waals surface area contributed by atoms with Gasteiger partial charge < -0.3 is 19.1 Å². The maximum atomic E-state index is 13.1. The molecule has 1 aliphatic heterocycles. The third-order valence-electron chi connectivity index (χ3n) is 5.67. The summed E-state index contributed by atoms with van der Waals surface area (Å²) in [4.78, 5) is 39.2. The minimum absolute atomic E-state index is 0.0409. The topological polar surface area (TPSA) is 103 Å². The molecule has 196 valence electrons. The summed E-state index contributed by atoms with van der Waals surface area (Å²) < 4.78 is 56.6. The van der Waals surface area contributed by atoms with E-state index in [0.717, 1.165) is 32.1 Å². The first-order chi connectivity index (χ1) is 16.6. The Balaban J connectivity index is 2.01. The molecule has 0 saturated carbocycles. The van der Waals surface area contributed by atoms with Crippen LogP contribution in [-0.2, 0) is 20.4 Å². The lowest BCUT2D eigenvalue weighted by Crippen LogP contribution is -2.37. The molecule has 0 spiro atoms. The molecule has 0 bridgehead atoms. The number of halogens is 3.